The molecule has 8 heteroatoms. The van der Waals surface area contributed by atoms with Crippen molar-refractivity contribution in [2.75, 3.05) is 19.6 Å². The molecular weight excluding hydrogens is 494 g/mol. The summed E-state index contributed by atoms with van der Waals surface area (Å²) in [5, 5.41) is 9.78. The van der Waals surface area contributed by atoms with Gasteiger partial charge < -0.3 is 14.7 Å². The second-order valence-corrected chi connectivity index (χ2v) is 11.7. The number of carbonyl (C=O) groups is 3. The second kappa shape index (κ2) is 10.4. The molecule has 2 aromatic rings. The topological polar surface area (TPSA) is 90.4 Å². The second-order valence-electron chi connectivity index (χ2n) is 11.7. The van der Waals surface area contributed by atoms with E-state index < -0.39 is 17.6 Å². The number of piperidine rings is 1. The van der Waals surface area contributed by atoms with Crippen molar-refractivity contribution >= 4 is 17.9 Å². The number of benzene rings is 2. The van der Waals surface area contributed by atoms with E-state index in [1.165, 1.54) is 0 Å². The number of hydrogen-bond donors (Lipinski definition) is 1. The molecule has 3 fully saturated rings. The number of ether oxygens (including phenoxy) is 1. The lowest BCUT2D eigenvalue weighted by molar-refractivity contribution is -0.143. The van der Waals surface area contributed by atoms with Gasteiger partial charge in [-0.3, -0.25) is 14.5 Å². The van der Waals surface area contributed by atoms with Crippen LogP contribution in [0.2, 0.25) is 0 Å². The van der Waals surface area contributed by atoms with Crippen LogP contribution < -0.4 is 0 Å². The van der Waals surface area contributed by atoms with Crippen LogP contribution in [0.1, 0.15) is 61.3 Å². The summed E-state index contributed by atoms with van der Waals surface area (Å²) in [5.41, 5.74) is 2.59. The lowest BCUT2D eigenvalue weighted by Gasteiger charge is -2.30. The summed E-state index contributed by atoms with van der Waals surface area (Å²) in [5.74, 6) is -0.215. The van der Waals surface area contributed by atoms with Crippen LogP contribution in [0.3, 0.4) is 0 Å². The van der Waals surface area contributed by atoms with E-state index in [4.69, 9.17) is 4.74 Å². The predicted molar refractivity (Wildman–Crippen MR) is 144 cm³/mol. The normalized spacial score (nSPS) is 24.2. The van der Waals surface area contributed by atoms with Crippen molar-refractivity contribution in [3.63, 3.8) is 0 Å². The van der Waals surface area contributed by atoms with Gasteiger partial charge in [-0.15, -0.1) is 0 Å². The number of fused-ring (bicyclic) bond motifs is 2. The minimum Gasteiger partial charge on any atom is -0.427 e. The van der Waals surface area contributed by atoms with Gasteiger partial charge >= 0.3 is 6.09 Å². The lowest BCUT2D eigenvalue weighted by Crippen LogP contribution is -2.47. The van der Waals surface area contributed by atoms with Gasteiger partial charge in [-0.25, -0.2) is 9.69 Å². The van der Waals surface area contributed by atoms with Crippen LogP contribution in [0.15, 0.2) is 48.5 Å². The molecule has 1 saturated carbocycles. The number of hydrogen-bond acceptors (Lipinski definition) is 6. The first-order chi connectivity index (χ1) is 18.8. The largest absolute Gasteiger partial charge is 0.427 e. The Morgan fingerprint density at radius 1 is 1.08 bits per heavy atom. The number of aryl methyl sites for hydroxylation is 1. The van der Waals surface area contributed by atoms with Gasteiger partial charge in [-0.1, -0.05) is 48.5 Å². The van der Waals surface area contributed by atoms with E-state index in [0.29, 0.717) is 25.3 Å². The highest BCUT2D eigenvalue weighted by atomic mass is 16.6. The molecule has 1 N–H and O–H groups in total. The van der Waals surface area contributed by atoms with Crippen molar-refractivity contribution in [1.82, 2.24) is 14.7 Å². The van der Waals surface area contributed by atoms with Crippen molar-refractivity contribution in [2.24, 2.45) is 5.92 Å². The number of imide groups is 1. The highest BCUT2D eigenvalue weighted by Gasteiger charge is 2.58. The van der Waals surface area contributed by atoms with E-state index in [2.05, 4.69) is 17.9 Å². The predicted octanol–water partition coefficient (Wildman–Crippen LogP) is 3.59. The Morgan fingerprint density at radius 2 is 1.82 bits per heavy atom. The van der Waals surface area contributed by atoms with E-state index in [0.717, 1.165) is 72.5 Å². The van der Waals surface area contributed by atoms with E-state index in [-0.39, 0.29) is 24.6 Å². The number of amides is 3. The number of likely N-dealkylation sites (tertiary alicyclic amines) is 1. The smallest absolute Gasteiger partial charge is 0.418 e. The summed E-state index contributed by atoms with van der Waals surface area (Å²) in [6.07, 6.45) is 3.84. The van der Waals surface area contributed by atoms with Crippen molar-refractivity contribution in [2.45, 2.75) is 76.3 Å². The maximum Gasteiger partial charge on any atom is 0.418 e. The van der Waals surface area contributed by atoms with E-state index in [1.54, 1.807) is 0 Å². The van der Waals surface area contributed by atoms with Gasteiger partial charge in [0, 0.05) is 44.2 Å². The summed E-state index contributed by atoms with van der Waals surface area (Å²) in [6.45, 7) is 4.71. The Balaban J connectivity index is 1.17. The summed E-state index contributed by atoms with van der Waals surface area (Å²) in [7, 11) is 0. The standard InChI is InChI=1S/C31H37N3O5/c1-21(24-8-9-24)33(19-22-5-3-2-4-6-22)28(36)20-34-29(37)31(39-30(34)38)14-11-25-17-23(7-10-27(25)31)18-32-15-12-26(35)13-16-32/h2-7,10,17,21,24,26,35H,8-9,11-16,18-20H2,1H3/t21-,31?/m0/s1. The summed E-state index contributed by atoms with van der Waals surface area (Å²) in [6, 6.07) is 15.9. The van der Waals surface area contributed by atoms with Crippen LogP contribution in [0, 0.1) is 5.92 Å². The zero-order valence-corrected chi connectivity index (χ0v) is 22.6. The van der Waals surface area contributed by atoms with Crippen LogP contribution >= 0.6 is 0 Å². The van der Waals surface area contributed by atoms with Gasteiger partial charge in [0.2, 0.25) is 11.5 Å². The minimum atomic E-state index is -1.34. The molecule has 0 aromatic heterocycles. The van der Waals surface area contributed by atoms with Crippen molar-refractivity contribution in [1.29, 1.82) is 0 Å². The molecular formula is C31H37N3O5. The molecule has 0 bridgehead atoms. The van der Waals surface area contributed by atoms with Gasteiger partial charge in [0.05, 0.1) is 6.10 Å². The summed E-state index contributed by atoms with van der Waals surface area (Å²) < 4.78 is 5.81. The molecule has 2 heterocycles. The molecule has 206 valence electrons. The molecule has 2 aromatic carbocycles. The zero-order valence-electron chi connectivity index (χ0n) is 22.6. The summed E-state index contributed by atoms with van der Waals surface area (Å²) in [4.78, 5) is 45.5. The molecule has 2 aliphatic carbocycles. The van der Waals surface area contributed by atoms with Crippen LogP contribution in [0.25, 0.3) is 0 Å². The van der Waals surface area contributed by atoms with Crippen LogP contribution in [-0.4, -0.2) is 69.5 Å². The monoisotopic (exact) mass is 531 g/mol. The van der Waals surface area contributed by atoms with Crippen LogP contribution in [0.4, 0.5) is 4.79 Å². The van der Waals surface area contributed by atoms with Gasteiger partial charge in [-0.05, 0) is 61.6 Å². The first-order valence-corrected chi connectivity index (χ1v) is 14.2. The number of aliphatic hydroxyl groups excluding tert-OH is 1. The number of rotatable bonds is 8. The number of nitrogens with zero attached hydrogens (tertiary/aromatic N) is 3. The van der Waals surface area contributed by atoms with Gasteiger partial charge in [0.25, 0.3) is 5.91 Å². The average molecular weight is 532 g/mol. The molecule has 1 spiro atoms. The lowest BCUT2D eigenvalue weighted by atomic mass is 9.94. The highest BCUT2D eigenvalue weighted by molar-refractivity contribution is 6.06. The van der Waals surface area contributed by atoms with Crippen molar-refractivity contribution in [3.05, 3.63) is 70.8 Å². The molecule has 1 unspecified atom stereocenters. The number of aliphatic hydroxyl groups is 1. The van der Waals surface area contributed by atoms with E-state index in [1.807, 2.05) is 47.4 Å². The van der Waals surface area contributed by atoms with Gasteiger partial charge in [-0.2, -0.15) is 0 Å². The van der Waals surface area contributed by atoms with E-state index >= 15 is 0 Å². The Hall–Kier alpha value is -3.23. The highest BCUT2D eigenvalue weighted by Crippen LogP contribution is 2.46. The Morgan fingerprint density at radius 3 is 2.54 bits per heavy atom. The van der Waals surface area contributed by atoms with Crippen LogP contribution in [-0.2, 0) is 39.4 Å². The molecule has 39 heavy (non-hydrogen) atoms. The summed E-state index contributed by atoms with van der Waals surface area (Å²) >= 11 is 0. The molecule has 2 aliphatic heterocycles. The fourth-order valence-corrected chi connectivity index (χ4v) is 6.44. The third-order valence-corrected chi connectivity index (χ3v) is 8.99. The Bertz CT molecular complexity index is 1250. The fourth-order valence-electron chi connectivity index (χ4n) is 6.44. The Labute approximate surface area is 229 Å². The number of carbonyl (C=O) groups excluding carboxylic acids is 3. The van der Waals surface area contributed by atoms with Gasteiger partial charge in [0.15, 0.2) is 0 Å². The average Bonchev–Trinajstić information content (AvgIpc) is 3.69. The molecule has 4 aliphatic rings. The maximum absolute atomic E-state index is 13.7. The third-order valence-electron chi connectivity index (χ3n) is 8.99. The van der Waals surface area contributed by atoms with Gasteiger partial charge in [0.1, 0.15) is 6.54 Å². The molecule has 3 amide bonds. The minimum absolute atomic E-state index is 0.0363. The molecule has 0 radical (unpaired) electrons. The Kier molecular flexibility index (Phi) is 6.93. The first-order valence-electron chi connectivity index (χ1n) is 14.2. The van der Waals surface area contributed by atoms with Crippen LogP contribution in [0.5, 0.6) is 0 Å². The molecule has 8 nitrogen and oxygen atoms in total. The third kappa shape index (κ3) is 5.08. The first kappa shape index (κ1) is 26.0. The maximum atomic E-state index is 13.7. The quantitative estimate of drug-likeness (QED) is 0.560. The molecule has 2 saturated heterocycles. The zero-order chi connectivity index (χ0) is 27.1. The van der Waals surface area contributed by atoms with Crippen molar-refractivity contribution < 1.29 is 24.2 Å². The molecule has 2 atom stereocenters. The van der Waals surface area contributed by atoms with Crippen molar-refractivity contribution in [3.8, 4) is 0 Å². The van der Waals surface area contributed by atoms with E-state index in [9.17, 15) is 19.5 Å². The molecule has 6 rings (SSSR count). The SMILES string of the molecule is C[C@@H](C1CC1)N(Cc1ccccc1)C(=O)CN1C(=O)OC2(CCc3cc(CN4CCC(O)CC4)ccc32)C1=O. The fraction of sp³-hybridized carbons (Fsp3) is 0.516.